The third-order valence-electron chi connectivity index (χ3n) is 14.4. The minimum atomic E-state index is -3.89. The second-order valence-electron chi connectivity index (χ2n) is 21.8. The average Bonchev–Trinajstić information content (AvgIpc) is 0.815. The monoisotopic (exact) mass is 1660 g/mol. The summed E-state index contributed by atoms with van der Waals surface area (Å²) in [6, 6.07) is 45.1. The molecule has 0 spiro atoms. The van der Waals surface area contributed by atoms with E-state index >= 15 is 0 Å². The van der Waals surface area contributed by atoms with E-state index in [1.165, 1.54) is 19.2 Å². The van der Waals surface area contributed by atoms with Crippen LogP contribution in [0.4, 0.5) is 0 Å². The number of aryl methyl sites for hydroxylation is 6. The van der Waals surface area contributed by atoms with Crippen LogP contribution in [-0.2, 0) is 74.4 Å². The van der Waals surface area contributed by atoms with Crippen LogP contribution in [0.3, 0.4) is 0 Å². The number of nitrogens with zero attached hydrogens (tertiary/aromatic N) is 3. The molecular weight excluding hydrogens is 1580 g/mol. The number of aliphatic carboxylic acids is 1. The van der Waals surface area contributed by atoms with Crippen molar-refractivity contribution in [3.05, 3.63) is 275 Å². The number of halogens is 3. The van der Waals surface area contributed by atoms with E-state index in [1.54, 1.807) is 162 Å². The number of benzene rings is 6. The Balaban J connectivity index is 0.00000136. The van der Waals surface area contributed by atoms with Crippen LogP contribution in [0.25, 0.3) is 22.3 Å². The van der Waals surface area contributed by atoms with Crippen LogP contribution in [0.5, 0.6) is 0 Å². The Kier molecular flexibility index (Phi) is 43.1. The molecule has 0 radical (unpaired) electrons. The molecule has 0 saturated heterocycles. The van der Waals surface area contributed by atoms with Gasteiger partial charge in [0, 0.05) is 46.7 Å². The van der Waals surface area contributed by atoms with E-state index < -0.39 is 80.1 Å². The maximum absolute atomic E-state index is 13.1. The molecule has 103 heavy (non-hydrogen) atoms. The number of rotatable bonds is 22. The van der Waals surface area contributed by atoms with E-state index in [0.29, 0.717) is 33.4 Å². The number of methoxy groups -OCH3 is 1. The Bertz CT molecular complexity index is 4500. The molecule has 31 heteroatoms. The Morgan fingerprint density at radius 1 is 0.495 bits per heavy atom. The molecule has 8 N–H and O–H groups in total. The molecule has 6 aromatic carbocycles. The van der Waals surface area contributed by atoms with Gasteiger partial charge in [-0.15, -0.1) is 12.4 Å². The number of carbonyl (C=O) groups is 3. The van der Waals surface area contributed by atoms with Gasteiger partial charge in [-0.25, -0.2) is 39.4 Å². The molecule has 0 unspecified atom stereocenters. The van der Waals surface area contributed by atoms with Gasteiger partial charge in [-0.2, -0.15) is 0 Å². The quantitative estimate of drug-likeness (QED) is 0.0177. The molecule has 556 valence electrons. The molecule has 0 fully saturated rings. The molecule has 0 amide bonds. The number of nitrogens with one attached hydrogen (secondary N) is 3. The zero-order chi connectivity index (χ0) is 72.3. The van der Waals surface area contributed by atoms with E-state index in [1.807, 2.05) is 75.4 Å². The van der Waals surface area contributed by atoms with Gasteiger partial charge in [-0.1, -0.05) is 138 Å². The summed E-state index contributed by atoms with van der Waals surface area (Å²) in [7, 11) is -14.3. The Morgan fingerprint density at radius 3 is 1.15 bits per heavy atom. The van der Waals surface area contributed by atoms with Gasteiger partial charge in [-0.05, 0) is 181 Å². The van der Waals surface area contributed by atoms with Crippen molar-refractivity contribution in [3.63, 3.8) is 0 Å². The minimum Gasteiger partial charge on any atom is -0.481 e. The van der Waals surface area contributed by atoms with E-state index in [2.05, 4.69) is 45.0 Å². The zero-order valence-electron chi connectivity index (χ0n) is 57.5. The van der Waals surface area contributed by atoms with E-state index in [0.717, 1.165) is 48.4 Å². The van der Waals surface area contributed by atoms with E-state index in [9.17, 15) is 44.7 Å². The van der Waals surface area contributed by atoms with Crippen LogP contribution < -0.4 is 14.2 Å². The first-order valence-electron chi connectivity index (χ1n) is 30.1. The van der Waals surface area contributed by atoms with Crippen molar-refractivity contribution in [2.45, 2.75) is 108 Å². The first-order chi connectivity index (χ1) is 46.4. The minimum absolute atomic E-state index is 0. The molecule has 22 nitrogen and oxygen atoms in total. The number of hydrogen-bond acceptors (Lipinski definition) is 18. The average molecular weight is 1670 g/mol. The number of ether oxygens (including phenoxy) is 2. The number of hydrogen-bond donors (Lipinski definition) is 8. The second kappa shape index (κ2) is 46.4. The van der Waals surface area contributed by atoms with Crippen molar-refractivity contribution in [2.24, 2.45) is 0 Å². The molecule has 0 aliphatic heterocycles. The molecule has 3 heterocycles. The van der Waals surface area contributed by atoms with Crippen molar-refractivity contribution >= 4 is 102 Å². The van der Waals surface area contributed by atoms with Crippen LogP contribution in [0.15, 0.2) is 220 Å². The largest absolute Gasteiger partial charge is 2.00 e. The van der Waals surface area contributed by atoms with Gasteiger partial charge < -0.3 is 49.5 Å². The number of sulfonamides is 3. The molecular formula is C72H87B2BrCl2N6O16PdS3. The fourth-order valence-corrected chi connectivity index (χ4v) is 14.4. The summed E-state index contributed by atoms with van der Waals surface area (Å²) in [5.41, 5.74) is 10.5. The first-order valence-corrected chi connectivity index (χ1v) is 35.7. The Morgan fingerprint density at radius 2 is 0.835 bits per heavy atom. The van der Waals surface area contributed by atoms with Crippen molar-refractivity contribution in [3.8, 4) is 22.3 Å². The van der Waals surface area contributed by atoms with Gasteiger partial charge >= 0.3 is 52.3 Å². The van der Waals surface area contributed by atoms with Crippen molar-refractivity contribution in [1.29, 1.82) is 0 Å². The van der Waals surface area contributed by atoms with Gasteiger partial charge in [0.25, 0.3) is 0 Å². The third kappa shape index (κ3) is 30.7. The van der Waals surface area contributed by atoms with Gasteiger partial charge in [-0.3, -0.25) is 29.3 Å². The molecule has 3 atom stereocenters. The van der Waals surface area contributed by atoms with Crippen molar-refractivity contribution in [1.82, 2.24) is 29.1 Å². The number of pyridine rings is 3. The maximum Gasteiger partial charge on any atom is 2.00 e. The molecule has 0 aliphatic rings. The van der Waals surface area contributed by atoms with Crippen LogP contribution in [0.2, 0.25) is 5.02 Å². The summed E-state index contributed by atoms with van der Waals surface area (Å²) in [4.78, 5) is 48.0. The van der Waals surface area contributed by atoms with Gasteiger partial charge in [0.1, 0.15) is 0 Å². The summed E-state index contributed by atoms with van der Waals surface area (Å²) in [5.74, 6) is -2.05. The number of esters is 2. The zero-order valence-corrected chi connectivity index (χ0v) is 64.7. The summed E-state index contributed by atoms with van der Waals surface area (Å²) < 4.78 is 96.0. The van der Waals surface area contributed by atoms with Gasteiger partial charge in [0.05, 0.1) is 65.8 Å². The summed E-state index contributed by atoms with van der Waals surface area (Å²) in [6.45, 7) is 12.9. The van der Waals surface area contributed by atoms with Crippen LogP contribution >= 0.6 is 39.9 Å². The Hall–Kier alpha value is -7.40. The number of aromatic nitrogens is 3. The maximum atomic E-state index is 13.1. The molecule has 9 aromatic rings. The second-order valence-corrected chi connectivity index (χ2v) is 28.2. The predicted octanol–water partition coefficient (Wildman–Crippen LogP) is 12.5. The van der Waals surface area contributed by atoms with Crippen LogP contribution in [0.1, 0.15) is 102 Å². The van der Waals surface area contributed by atoms with Gasteiger partial charge in [0.15, 0.2) is 0 Å². The predicted molar refractivity (Wildman–Crippen MR) is 407 cm³/mol. The third-order valence-corrected chi connectivity index (χ3v) is 20.2. The van der Waals surface area contributed by atoms with Gasteiger partial charge in [0.2, 0.25) is 30.1 Å². The smallest absolute Gasteiger partial charge is 0.481 e. The number of carboxylic acids is 1. The number of carboxylic acid groups (broad SMARTS) is 1. The van der Waals surface area contributed by atoms with Crippen molar-refractivity contribution in [2.75, 3.05) is 13.7 Å². The number of carbonyl (C=O) groups excluding carboxylic acids is 2. The molecule has 0 saturated carbocycles. The normalized spacial score (nSPS) is 11.4. The Labute approximate surface area is 640 Å². The molecule has 9 rings (SSSR count). The molecule has 3 aromatic heterocycles. The van der Waals surface area contributed by atoms with E-state index in [4.69, 9.17) is 41.2 Å². The topological polar surface area (TPSA) is 348 Å². The molecule has 0 aliphatic carbocycles. The summed E-state index contributed by atoms with van der Waals surface area (Å²) >= 11 is 9.03. The fourth-order valence-electron chi connectivity index (χ4n) is 9.44. The van der Waals surface area contributed by atoms with Crippen molar-refractivity contribution < 1.29 is 94.7 Å². The standard InChI is InChI=1S/C24H26N2O4S.C22H22N2O4S.C17H18BrNO4S.C6H6ClN.CH4.2CH3.B2H4O4.ClH.Pd/c1-4-30-24(27)15-22(26-31(28,29)23-11-6-5-8-17(23)2)20-10-7-9-19(14-20)21-12-13-25-16-18(21)3;1-15-6-3-4-9-21(15)29(27,28)24-20(13-22(25)26)18-8-5-7-17(12-18)19-10-11-23-14-16(19)2;1-12-6-3-4-9-16(12)24(21,22)19-15(11-17(20)23-2)13-7-5-8-14(18)10-13;1-5-4-8-3-2-6(5)7;;;;3-1(4)2(5)6;;/h5-14,16,22,26H,4,15H2,1-3H3;3-12,14,20,24H,13H2,1-2H3,(H,25,26);3-10,15,19H,11H2,1-2H3;2-4H,1H3;1H4;2*1H3;3-6H;1H;/q;;;;;2*-1;;;+2/t22-;20-;15-;;;;;;;/m000......./s1. The SMILES string of the molecule is C.CCOC(=O)C[C@H](NS(=O)(=O)c1ccccc1C)c1cccc(-c2ccncc2C)c1.COC(=O)C[C@H](NS(=O)(=O)c1ccccc1C)c1cccc(Br)c1.Cc1cnccc1-c1cccc([C@H](CC(=O)O)NS(=O)(=O)c2ccccc2C)c1.Cc1cnccc1Cl.Cl.OB(O)B(O)O.[CH3-].[CH3-].[Pd+2]. The first kappa shape index (κ1) is 95.6. The van der Waals surface area contributed by atoms with Crippen LogP contribution in [0, 0.1) is 56.4 Å². The van der Waals surface area contributed by atoms with E-state index in [-0.39, 0.29) is 95.7 Å². The van der Waals surface area contributed by atoms with Crippen LogP contribution in [-0.4, -0.2) is 111 Å². The molecule has 0 bridgehead atoms. The summed E-state index contributed by atoms with van der Waals surface area (Å²) in [5, 5.41) is 40.9. The summed E-state index contributed by atoms with van der Waals surface area (Å²) in [6.07, 6.45) is 9.75. The fraction of sp³-hybridized carbons (Fsp3) is 0.222.